The van der Waals surface area contributed by atoms with Crippen LogP contribution in [0.25, 0.3) is 0 Å². The van der Waals surface area contributed by atoms with Crippen LogP contribution in [0.1, 0.15) is 25.0 Å². The summed E-state index contributed by atoms with van der Waals surface area (Å²) in [4.78, 5) is 3.52. The molecule has 3 aromatic rings. The zero-order valence-corrected chi connectivity index (χ0v) is 18.9. The van der Waals surface area contributed by atoms with E-state index in [1.54, 1.807) is 38.2 Å². The minimum absolute atomic E-state index is 0.147. The van der Waals surface area contributed by atoms with Crippen molar-refractivity contribution in [3.63, 3.8) is 0 Å². The summed E-state index contributed by atoms with van der Waals surface area (Å²) in [5, 5.41) is 0. The van der Waals surface area contributed by atoms with E-state index in [-0.39, 0.29) is 12.2 Å². The molecule has 3 rings (SSSR count). The Morgan fingerprint density at radius 2 is 1.67 bits per heavy atom. The number of hydrogen-bond acceptors (Lipinski definition) is 5. The van der Waals surface area contributed by atoms with Crippen LogP contribution in [0.5, 0.6) is 11.5 Å². The Hall–Kier alpha value is -3.27. The highest BCUT2D eigenvalue weighted by molar-refractivity contribution is 7.92. The van der Waals surface area contributed by atoms with Gasteiger partial charge in [-0.1, -0.05) is 12.1 Å². The molecule has 0 amide bonds. The fourth-order valence-electron chi connectivity index (χ4n) is 3.13. The number of ether oxygens (including phenoxy) is 2. The van der Waals surface area contributed by atoms with E-state index in [1.807, 2.05) is 0 Å². The summed E-state index contributed by atoms with van der Waals surface area (Å²) in [6.45, 7) is 4.12. The Kier molecular flexibility index (Phi) is 7.47. The Balaban J connectivity index is 2.13. The van der Waals surface area contributed by atoms with Gasteiger partial charge in [-0.3, -0.25) is 9.29 Å². The van der Waals surface area contributed by atoms with E-state index in [2.05, 4.69) is 4.98 Å². The summed E-state index contributed by atoms with van der Waals surface area (Å²) in [5.41, 5.74) is -0.283. The Morgan fingerprint density at radius 1 is 0.939 bits per heavy atom. The first kappa shape index (κ1) is 24.4. The Labute approximate surface area is 190 Å². The van der Waals surface area contributed by atoms with Crippen LogP contribution in [0.15, 0.2) is 71.9 Å². The number of alkyl halides is 3. The summed E-state index contributed by atoms with van der Waals surface area (Å²) < 4.78 is 79.0. The predicted molar refractivity (Wildman–Crippen MR) is 118 cm³/mol. The highest BCUT2D eigenvalue weighted by atomic mass is 32.2. The molecule has 2 aromatic carbocycles. The quantitative estimate of drug-likeness (QED) is 0.416. The van der Waals surface area contributed by atoms with Crippen molar-refractivity contribution in [3.05, 3.63) is 78.1 Å². The molecule has 0 saturated heterocycles. The van der Waals surface area contributed by atoms with Gasteiger partial charge in [0.1, 0.15) is 0 Å². The molecule has 0 spiro atoms. The number of sulfonamides is 1. The standard InChI is InChI=1S/C23H23F3N2O4S/c1-3-31-21-11-10-19(14-22(21)32-4-2)28(16-17-7-6-12-27-15-17)33(29,30)20-9-5-8-18(13-20)23(24,25)26/h5-15H,3-4,16H2,1-2H3. The minimum atomic E-state index is -4.68. The summed E-state index contributed by atoms with van der Waals surface area (Å²) in [7, 11) is -4.38. The van der Waals surface area contributed by atoms with Crippen molar-refractivity contribution in [2.24, 2.45) is 0 Å². The SMILES string of the molecule is CCOc1ccc(N(Cc2cccnc2)S(=O)(=O)c2cccc(C(F)(F)F)c2)cc1OCC. The summed E-state index contributed by atoms with van der Waals surface area (Å²) in [6, 6.07) is 11.6. The zero-order valence-electron chi connectivity index (χ0n) is 18.0. The van der Waals surface area contributed by atoms with Crippen molar-refractivity contribution in [2.75, 3.05) is 17.5 Å². The smallest absolute Gasteiger partial charge is 0.416 e. The van der Waals surface area contributed by atoms with E-state index in [0.717, 1.165) is 22.5 Å². The first-order valence-electron chi connectivity index (χ1n) is 10.1. The molecule has 1 heterocycles. The van der Waals surface area contributed by atoms with Crippen LogP contribution in [0, 0.1) is 0 Å². The molecule has 1 aromatic heterocycles. The van der Waals surface area contributed by atoms with Gasteiger partial charge in [-0.25, -0.2) is 8.42 Å². The lowest BCUT2D eigenvalue weighted by Crippen LogP contribution is -2.31. The molecule has 6 nitrogen and oxygen atoms in total. The third kappa shape index (κ3) is 5.75. The van der Waals surface area contributed by atoms with Gasteiger partial charge >= 0.3 is 6.18 Å². The maximum atomic E-state index is 13.6. The fourth-order valence-corrected chi connectivity index (χ4v) is 4.62. The van der Waals surface area contributed by atoms with Crippen molar-refractivity contribution in [1.82, 2.24) is 4.98 Å². The molecule has 0 fully saturated rings. The summed E-state index contributed by atoms with van der Waals surface area (Å²) in [6.07, 6.45) is -1.65. The Bertz CT molecular complexity index is 1190. The topological polar surface area (TPSA) is 68.7 Å². The van der Waals surface area contributed by atoms with Gasteiger partial charge in [0, 0.05) is 18.5 Å². The second kappa shape index (κ2) is 10.1. The van der Waals surface area contributed by atoms with E-state index < -0.39 is 26.7 Å². The zero-order chi connectivity index (χ0) is 24.1. The van der Waals surface area contributed by atoms with E-state index >= 15 is 0 Å². The predicted octanol–water partition coefficient (Wildman–Crippen LogP) is 5.29. The fraction of sp³-hybridized carbons (Fsp3) is 0.261. The van der Waals surface area contributed by atoms with Gasteiger partial charge in [-0.2, -0.15) is 13.2 Å². The third-order valence-corrected chi connectivity index (χ3v) is 6.38. The maximum absolute atomic E-state index is 13.6. The van der Waals surface area contributed by atoms with Crippen LogP contribution in [0.2, 0.25) is 0 Å². The number of pyridine rings is 1. The van der Waals surface area contributed by atoms with Crippen LogP contribution >= 0.6 is 0 Å². The lowest BCUT2D eigenvalue weighted by Gasteiger charge is -2.26. The third-order valence-electron chi connectivity index (χ3n) is 4.61. The minimum Gasteiger partial charge on any atom is -0.490 e. The molecule has 0 atom stereocenters. The number of hydrogen-bond donors (Lipinski definition) is 0. The van der Waals surface area contributed by atoms with Crippen molar-refractivity contribution < 1.29 is 31.1 Å². The normalized spacial score (nSPS) is 11.8. The second-order valence-corrected chi connectivity index (χ2v) is 8.76. The average Bonchev–Trinajstić information content (AvgIpc) is 2.79. The molecule has 0 radical (unpaired) electrons. The van der Waals surface area contributed by atoms with E-state index in [4.69, 9.17) is 9.47 Å². The number of halogens is 3. The molecular weight excluding hydrogens is 457 g/mol. The van der Waals surface area contributed by atoms with Crippen LogP contribution in [-0.4, -0.2) is 26.6 Å². The molecule has 0 aliphatic carbocycles. The molecule has 176 valence electrons. The van der Waals surface area contributed by atoms with Crippen LogP contribution in [-0.2, 0) is 22.7 Å². The van der Waals surface area contributed by atoms with Crippen molar-refractivity contribution >= 4 is 15.7 Å². The van der Waals surface area contributed by atoms with Gasteiger partial charge in [-0.15, -0.1) is 0 Å². The molecule has 0 saturated carbocycles. The number of nitrogens with zero attached hydrogens (tertiary/aromatic N) is 2. The summed E-state index contributed by atoms with van der Waals surface area (Å²) >= 11 is 0. The average molecular weight is 481 g/mol. The second-order valence-electron chi connectivity index (χ2n) is 6.90. The van der Waals surface area contributed by atoms with Gasteiger partial charge in [0.2, 0.25) is 0 Å². The van der Waals surface area contributed by atoms with Crippen molar-refractivity contribution in [2.45, 2.75) is 31.5 Å². The molecule has 0 aliphatic rings. The van der Waals surface area contributed by atoms with Crippen LogP contribution < -0.4 is 13.8 Å². The van der Waals surface area contributed by atoms with Crippen molar-refractivity contribution in [1.29, 1.82) is 0 Å². The molecule has 0 aliphatic heterocycles. The van der Waals surface area contributed by atoms with Crippen LogP contribution in [0.3, 0.4) is 0 Å². The van der Waals surface area contributed by atoms with Gasteiger partial charge in [0.05, 0.1) is 35.9 Å². The summed E-state index contributed by atoms with van der Waals surface area (Å²) in [5.74, 6) is 0.758. The molecule has 10 heteroatoms. The number of anilines is 1. The first-order chi connectivity index (χ1) is 15.7. The number of rotatable bonds is 9. The highest BCUT2D eigenvalue weighted by Crippen LogP contribution is 2.36. The van der Waals surface area contributed by atoms with E-state index in [9.17, 15) is 21.6 Å². The first-order valence-corrected chi connectivity index (χ1v) is 11.6. The van der Waals surface area contributed by atoms with E-state index in [1.165, 1.54) is 18.3 Å². The lowest BCUT2D eigenvalue weighted by atomic mass is 10.2. The van der Waals surface area contributed by atoms with Gasteiger partial charge < -0.3 is 9.47 Å². The molecule has 0 bridgehead atoms. The number of aromatic nitrogens is 1. The largest absolute Gasteiger partial charge is 0.490 e. The molecule has 0 unspecified atom stereocenters. The molecule has 33 heavy (non-hydrogen) atoms. The number of benzene rings is 2. The van der Waals surface area contributed by atoms with Gasteiger partial charge in [0.25, 0.3) is 10.0 Å². The van der Waals surface area contributed by atoms with Gasteiger partial charge in [-0.05, 0) is 55.8 Å². The van der Waals surface area contributed by atoms with E-state index in [0.29, 0.717) is 36.3 Å². The van der Waals surface area contributed by atoms with Crippen LogP contribution in [0.4, 0.5) is 18.9 Å². The lowest BCUT2D eigenvalue weighted by molar-refractivity contribution is -0.137. The maximum Gasteiger partial charge on any atom is 0.416 e. The van der Waals surface area contributed by atoms with Gasteiger partial charge in [0.15, 0.2) is 11.5 Å². The highest BCUT2D eigenvalue weighted by Gasteiger charge is 2.33. The molecule has 0 N–H and O–H groups in total. The molecular formula is C23H23F3N2O4S. The monoisotopic (exact) mass is 480 g/mol. The van der Waals surface area contributed by atoms with Crippen molar-refractivity contribution in [3.8, 4) is 11.5 Å². The Morgan fingerprint density at radius 3 is 2.30 bits per heavy atom.